The average Bonchev–Trinajstić information content (AvgIpc) is 3.99. The highest BCUT2D eigenvalue weighted by Crippen LogP contribution is 2.46. The second kappa shape index (κ2) is 11.0. The molecule has 3 aromatic heterocycles. The Labute approximate surface area is 354 Å². The van der Waals surface area contributed by atoms with Gasteiger partial charge in [-0.05, 0) is 95.9 Å². The lowest BCUT2D eigenvalue weighted by atomic mass is 9.34. The zero-order valence-corrected chi connectivity index (χ0v) is 33.4. The van der Waals surface area contributed by atoms with E-state index < -0.39 is 0 Å². The maximum absolute atomic E-state index is 2.65. The number of para-hydroxylation sites is 2. The molecule has 16 rings (SSSR count). The molecule has 14 aromatic rings. The fourth-order valence-corrected chi connectivity index (χ4v) is 12.4. The molecule has 5 heterocycles. The molecule has 282 valence electrons. The van der Waals surface area contributed by atoms with E-state index in [1.165, 1.54) is 136 Å². The summed E-state index contributed by atoms with van der Waals surface area (Å²) in [6, 6.07) is 73.4. The predicted molar refractivity (Wildman–Crippen MR) is 264 cm³/mol. The highest BCUT2D eigenvalue weighted by molar-refractivity contribution is 7.00. The highest BCUT2D eigenvalue weighted by atomic mass is 15.1. The lowest BCUT2D eigenvalue weighted by Crippen LogP contribution is -2.59. The van der Waals surface area contributed by atoms with Gasteiger partial charge in [0.25, 0.3) is 6.71 Å². The molecule has 0 saturated carbocycles. The summed E-state index contributed by atoms with van der Waals surface area (Å²) in [6.45, 7) is -0.00225. The maximum atomic E-state index is 2.65. The Hall–Kier alpha value is -8.08. The van der Waals surface area contributed by atoms with E-state index in [9.17, 15) is 0 Å². The smallest absolute Gasteiger partial charge is 0.252 e. The van der Waals surface area contributed by atoms with E-state index in [-0.39, 0.29) is 6.71 Å². The molecule has 0 unspecified atom stereocenters. The third-order valence-corrected chi connectivity index (χ3v) is 14.7. The van der Waals surface area contributed by atoms with Crippen LogP contribution in [0.15, 0.2) is 194 Å². The van der Waals surface area contributed by atoms with Gasteiger partial charge in [0.05, 0.1) is 38.8 Å². The van der Waals surface area contributed by atoms with Crippen molar-refractivity contribution in [1.29, 1.82) is 0 Å². The molecule has 11 aromatic carbocycles. The van der Waals surface area contributed by atoms with Gasteiger partial charge in [0, 0.05) is 43.7 Å². The van der Waals surface area contributed by atoms with E-state index in [1.807, 2.05) is 0 Å². The second-order valence-electron chi connectivity index (χ2n) is 17.6. The van der Waals surface area contributed by atoms with Crippen molar-refractivity contribution in [2.75, 3.05) is 0 Å². The first-order valence-corrected chi connectivity index (χ1v) is 21.7. The van der Waals surface area contributed by atoms with Crippen LogP contribution in [0.3, 0.4) is 0 Å². The minimum Gasteiger partial charge on any atom is -0.310 e. The fraction of sp³-hybridized carbons (Fsp3) is 0. The number of rotatable bonds is 1. The monoisotopic (exact) mass is 781 g/mol. The van der Waals surface area contributed by atoms with Crippen molar-refractivity contribution in [3.05, 3.63) is 194 Å². The summed E-state index contributed by atoms with van der Waals surface area (Å²) < 4.78 is 7.81. The molecule has 3 nitrogen and oxygen atoms in total. The summed E-state index contributed by atoms with van der Waals surface area (Å²) in [5, 5.41) is 18.1. The molecule has 4 heteroatoms. The van der Waals surface area contributed by atoms with Crippen LogP contribution in [0.25, 0.3) is 126 Å². The molecule has 0 radical (unpaired) electrons. The number of nitrogens with zero attached hydrogens (tertiary/aromatic N) is 3. The van der Waals surface area contributed by atoms with Gasteiger partial charge < -0.3 is 13.7 Å². The quantitative estimate of drug-likeness (QED) is 0.147. The number of fused-ring (bicyclic) bond motifs is 21. The number of hydrogen-bond acceptors (Lipinski definition) is 0. The predicted octanol–water partition coefficient (Wildman–Crippen LogP) is 12.7. The Kier molecular flexibility index (Phi) is 5.64. The van der Waals surface area contributed by atoms with Crippen LogP contribution in [0.4, 0.5) is 0 Å². The SMILES string of the molecule is c1ccc2c(c1)ccc1c2c2c3ccccc3cc3c2n1-c1cc(-n2c4ccccc4c4ccccc42)cc2c1B3c1cc3ccccc3c3c4c5ccccc5ccc4n-2c13. The van der Waals surface area contributed by atoms with E-state index in [0.29, 0.717) is 0 Å². The van der Waals surface area contributed by atoms with Crippen LogP contribution in [0.5, 0.6) is 0 Å². The number of benzene rings is 11. The van der Waals surface area contributed by atoms with Crippen molar-refractivity contribution >= 4 is 132 Å². The summed E-state index contributed by atoms with van der Waals surface area (Å²) >= 11 is 0. The summed E-state index contributed by atoms with van der Waals surface area (Å²) in [7, 11) is 0. The van der Waals surface area contributed by atoms with Gasteiger partial charge in [-0.1, -0.05) is 158 Å². The molecule has 0 N–H and O–H groups in total. The van der Waals surface area contributed by atoms with E-state index in [0.717, 1.165) is 5.69 Å². The molecule has 0 atom stereocenters. The van der Waals surface area contributed by atoms with Gasteiger partial charge in [0.15, 0.2) is 0 Å². The summed E-state index contributed by atoms with van der Waals surface area (Å²) in [4.78, 5) is 0. The third-order valence-electron chi connectivity index (χ3n) is 14.7. The minimum atomic E-state index is -0.00225. The zero-order chi connectivity index (χ0) is 39.9. The molecule has 0 aliphatic carbocycles. The molecule has 2 aliphatic rings. The normalized spacial score (nSPS) is 13.1. The first-order chi connectivity index (χ1) is 30.8. The molecule has 62 heavy (non-hydrogen) atoms. The third kappa shape index (κ3) is 3.66. The molecular formula is C58H32BN3. The van der Waals surface area contributed by atoms with Gasteiger partial charge in [-0.25, -0.2) is 0 Å². The summed E-state index contributed by atoms with van der Waals surface area (Å²) in [6.07, 6.45) is 0. The van der Waals surface area contributed by atoms with E-state index >= 15 is 0 Å². The zero-order valence-electron chi connectivity index (χ0n) is 33.4. The molecule has 0 fully saturated rings. The fourth-order valence-electron chi connectivity index (χ4n) is 12.4. The van der Waals surface area contributed by atoms with Gasteiger partial charge in [0.2, 0.25) is 0 Å². The van der Waals surface area contributed by atoms with Crippen LogP contribution < -0.4 is 16.4 Å². The van der Waals surface area contributed by atoms with Gasteiger partial charge in [-0.2, -0.15) is 0 Å². The molecule has 0 amide bonds. The van der Waals surface area contributed by atoms with Crippen molar-refractivity contribution < 1.29 is 0 Å². The summed E-state index contributed by atoms with van der Waals surface area (Å²) in [5.74, 6) is 0. The second-order valence-corrected chi connectivity index (χ2v) is 17.6. The minimum absolute atomic E-state index is 0.00225. The topological polar surface area (TPSA) is 14.8 Å². The van der Waals surface area contributed by atoms with Crippen LogP contribution in [-0.4, -0.2) is 20.4 Å². The van der Waals surface area contributed by atoms with Crippen molar-refractivity contribution in [2.24, 2.45) is 0 Å². The van der Waals surface area contributed by atoms with Crippen LogP contribution in [0, 0.1) is 0 Å². The van der Waals surface area contributed by atoms with Crippen LogP contribution in [-0.2, 0) is 0 Å². The molecule has 0 spiro atoms. The molecular weight excluding hydrogens is 749 g/mol. The standard InChI is InChI=1S/C58H32BN3/c1-5-17-38-33(13-1)25-27-48-52(38)54-40-19-7-3-15-35(40)29-44-57(54)61(48)50-31-37(60-46-23-11-9-21-42(46)43-22-10-12-24-47(43)60)32-51-56(50)59(44)45-30-36-16-4-8-20-41(36)55-53-39-18-6-2-14-34(39)26-28-49(53)62(51)58(45)55/h1-32H. The largest absolute Gasteiger partial charge is 0.310 e. The maximum Gasteiger partial charge on any atom is 0.252 e. The van der Waals surface area contributed by atoms with Crippen LogP contribution in [0.1, 0.15) is 0 Å². The molecule has 0 saturated heterocycles. The Morgan fingerprint density at radius 1 is 0.290 bits per heavy atom. The molecule has 2 aliphatic heterocycles. The van der Waals surface area contributed by atoms with Crippen LogP contribution in [0.2, 0.25) is 0 Å². The Bertz CT molecular complexity index is 4130. The van der Waals surface area contributed by atoms with E-state index in [2.05, 4.69) is 208 Å². The van der Waals surface area contributed by atoms with Crippen LogP contribution >= 0.6 is 0 Å². The Morgan fingerprint density at radius 2 is 0.677 bits per heavy atom. The summed E-state index contributed by atoms with van der Waals surface area (Å²) in [5.41, 5.74) is 15.3. The van der Waals surface area contributed by atoms with Crippen molar-refractivity contribution in [1.82, 2.24) is 13.7 Å². The first-order valence-electron chi connectivity index (χ1n) is 21.7. The van der Waals surface area contributed by atoms with Crippen molar-refractivity contribution in [3.63, 3.8) is 0 Å². The van der Waals surface area contributed by atoms with Crippen molar-refractivity contribution in [2.45, 2.75) is 0 Å². The number of hydrogen-bond donors (Lipinski definition) is 0. The first kappa shape index (κ1) is 31.8. The van der Waals surface area contributed by atoms with Gasteiger partial charge in [-0.3, -0.25) is 0 Å². The Balaban J connectivity index is 1.20. The van der Waals surface area contributed by atoms with E-state index in [4.69, 9.17) is 0 Å². The average molecular weight is 782 g/mol. The van der Waals surface area contributed by atoms with Gasteiger partial charge >= 0.3 is 0 Å². The van der Waals surface area contributed by atoms with Gasteiger partial charge in [0.1, 0.15) is 0 Å². The highest BCUT2D eigenvalue weighted by Gasteiger charge is 2.42. The number of aromatic nitrogens is 3. The van der Waals surface area contributed by atoms with Crippen molar-refractivity contribution in [3.8, 4) is 17.1 Å². The lowest BCUT2D eigenvalue weighted by molar-refractivity contribution is 1.10. The molecule has 0 bridgehead atoms. The Morgan fingerprint density at radius 3 is 1.15 bits per heavy atom. The van der Waals surface area contributed by atoms with Gasteiger partial charge in [-0.15, -0.1) is 0 Å². The lowest BCUT2D eigenvalue weighted by Gasteiger charge is -2.34. The van der Waals surface area contributed by atoms with E-state index in [1.54, 1.807) is 0 Å².